The quantitative estimate of drug-likeness (QED) is 0.673. The molecule has 2 heteroatoms. The van der Waals surface area contributed by atoms with Crippen LogP contribution >= 0.6 is 0 Å². The summed E-state index contributed by atoms with van der Waals surface area (Å²) >= 11 is 0. The largest absolute Gasteiger partial charge is 0.300 e. The SMILES string of the molecule is CCC(CC)CN(CC)C1CCC(=O)C1. The van der Waals surface area contributed by atoms with Gasteiger partial charge in [0.15, 0.2) is 0 Å². The molecule has 0 aromatic carbocycles. The molecule has 0 saturated heterocycles. The van der Waals surface area contributed by atoms with Crippen molar-refractivity contribution in [2.45, 2.75) is 58.9 Å². The Balaban J connectivity index is 2.44. The molecule has 1 fully saturated rings. The third kappa shape index (κ3) is 3.60. The maximum Gasteiger partial charge on any atom is 0.134 e. The van der Waals surface area contributed by atoms with E-state index in [1.54, 1.807) is 0 Å². The molecule has 1 aliphatic rings. The van der Waals surface area contributed by atoms with Crippen molar-refractivity contribution >= 4 is 5.78 Å². The van der Waals surface area contributed by atoms with Crippen molar-refractivity contribution in [1.82, 2.24) is 4.90 Å². The average molecular weight is 211 g/mol. The fourth-order valence-corrected chi connectivity index (χ4v) is 2.52. The lowest BCUT2D eigenvalue weighted by Gasteiger charge is -2.30. The van der Waals surface area contributed by atoms with Crippen molar-refractivity contribution in [3.05, 3.63) is 0 Å². The molecule has 0 spiro atoms. The van der Waals surface area contributed by atoms with E-state index in [-0.39, 0.29) is 0 Å². The second-order valence-corrected chi connectivity index (χ2v) is 4.71. The highest BCUT2D eigenvalue weighted by molar-refractivity contribution is 5.81. The highest BCUT2D eigenvalue weighted by atomic mass is 16.1. The summed E-state index contributed by atoms with van der Waals surface area (Å²) in [6.45, 7) is 9.02. The number of carbonyl (C=O) groups excluding carboxylic acids is 1. The first-order valence-electron chi connectivity index (χ1n) is 6.46. The lowest BCUT2D eigenvalue weighted by Crippen LogP contribution is -2.37. The van der Waals surface area contributed by atoms with Crippen LogP contribution in [0.5, 0.6) is 0 Å². The Morgan fingerprint density at radius 1 is 1.33 bits per heavy atom. The van der Waals surface area contributed by atoms with Gasteiger partial charge in [-0.1, -0.05) is 33.6 Å². The molecule has 0 aromatic heterocycles. The molecule has 0 aliphatic heterocycles. The zero-order valence-electron chi connectivity index (χ0n) is 10.5. The minimum atomic E-state index is 0.461. The maximum atomic E-state index is 11.3. The smallest absolute Gasteiger partial charge is 0.134 e. The molecule has 2 nitrogen and oxygen atoms in total. The molecule has 0 bridgehead atoms. The molecular weight excluding hydrogens is 186 g/mol. The van der Waals surface area contributed by atoms with E-state index >= 15 is 0 Å². The Hall–Kier alpha value is -0.370. The van der Waals surface area contributed by atoms with E-state index in [0.29, 0.717) is 11.8 Å². The summed E-state index contributed by atoms with van der Waals surface area (Å²) in [7, 11) is 0. The van der Waals surface area contributed by atoms with Crippen LogP contribution in [0.15, 0.2) is 0 Å². The number of Topliss-reactive ketones (excluding diaryl/α,β-unsaturated/α-hetero) is 1. The van der Waals surface area contributed by atoms with Crippen LogP contribution in [0.4, 0.5) is 0 Å². The number of ketones is 1. The standard InChI is InChI=1S/C13H25NO/c1-4-11(5-2)10-14(6-3)12-7-8-13(15)9-12/h11-12H,4-10H2,1-3H3. The van der Waals surface area contributed by atoms with E-state index in [2.05, 4.69) is 25.7 Å². The van der Waals surface area contributed by atoms with Crippen LogP contribution in [0.1, 0.15) is 52.9 Å². The zero-order valence-corrected chi connectivity index (χ0v) is 10.5. The van der Waals surface area contributed by atoms with E-state index in [4.69, 9.17) is 0 Å². The Kier molecular flexibility index (Phi) is 5.30. The highest BCUT2D eigenvalue weighted by Gasteiger charge is 2.27. The third-order valence-corrected chi connectivity index (χ3v) is 3.79. The van der Waals surface area contributed by atoms with E-state index in [9.17, 15) is 4.79 Å². The highest BCUT2D eigenvalue weighted by Crippen LogP contribution is 2.22. The van der Waals surface area contributed by atoms with Crippen molar-refractivity contribution in [3.8, 4) is 0 Å². The van der Waals surface area contributed by atoms with Gasteiger partial charge >= 0.3 is 0 Å². The molecule has 0 aromatic rings. The van der Waals surface area contributed by atoms with Crippen LogP contribution in [0.25, 0.3) is 0 Å². The number of carbonyl (C=O) groups is 1. The molecule has 0 N–H and O–H groups in total. The van der Waals surface area contributed by atoms with Gasteiger partial charge in [0, 0.05) is 25.4 Å². The summed E-state index contributed by atoms with van der Waals surface area (Å²) < 4.78 is 0. The van der Waals surface area contributed by atoms with Gasteiger partial charge in [0.1, 0.15) is 5.78 Å². The molecule has 1 saturated carbocycles. The molecule has 1 atom stereocenters. The molecular formula is C13H25NO. The van der Waals surface area contributed by atoms with Gasteiger partial charge in [0.2, 0.25) is 0 Å². The van der Waals surface area contributed by atoms with Gasteiger partial charge in [0.05, 0.1) is 0 Å². The van der Waals surface area contributed by atoms with Crippen molar-refractivity contribution in [2.75, 3.05) is 13.1 Å². The minimum Gasteiger partial charge on any atom is -0.300 e. The van der Waals surface area contributed by atoms with Gasteiger partial charge in [-0.05, 0) is 18.9 Å². The monoisotopic (exact) mass is 211 g/mol. The minimum absolute atomic E-state index is 0.461. The predicted molar refractivity (Wildman–Crippen MR) is 64.0 cm³/mol. The van der Waals surface area contributed by atoms with Crippen LogP contribution in [0.2, 0.25) is 0 Å². The molecule has 0 amide bonds. The van der Waals surface area contributed by atoms with Crippen LogP contribution in [0, 0.1) is 5.92 Å². The van der Waals surface area contributed by atoms with Gasteiger partial charge in [0.25, 0.3) is 0 Å². The molecule has 1 unspecified atom stereocenters. The fourth-order valence-electron chi connectivity index (χ4n) is 2.52. The number of rotatable bonds is 6. The molecule has 88 valence electrons. The van der Waals surface area contributed by atoms with Crippen LogP contribution < -0.4 is 0 Å². The van der Waals surface area contributed by atoms with Crippen LogP contribution in [0.3, 0.4) is 0 Å². The Morgan fingerprint density at radius 3 is 2.40 bits per heavy atom. The van der Waals surface area contributed by atoms with Gasteiger partial charge in [-0.2, -0.15) is 0 Å². The molecule has 1 aliphatic carbocycles. The van der Waals surface area contributed by atoms with Gasteiger partial charge in [-0.15, -0.1) is 0 Å². The second kappa shape index (κ2) is 6.26. The molecule has 1 rings (SSSR count). The summed E-state index contributed by atoms with van der Waals surface area (Å²) in [5.74, 6) is 1.27. The molecule has 0 heterocycles. The van der Waals surface area contributed by atoms with E-state index in [0.717, 1.165) is 31.7 Å². The maximum absolute atomic E-state index is 11.3. The number of hydrogen-bond acceptors (Lipinski definition) is 2. The molecule has 0 radical (unpaired) electrons. The number of hydrogen-bond donors (Lipinski definition) is 0. The summed E-state index contributed by atoms with van der Waals surface area (Å²) in [5, 5.41) is 0. The second-order valence-electron chi connectivity index (χ2n) is 4.71. The predicted octanol–water partition coefficient (Wildman–Crippen LogP) is 2.87. The zero-order chi connectivity index (χ0) is 11.3. The lowest BCUT2D eigenvalue weighted by molar-refractivity contribution is -0.117. The van der Waals surface area contributed by atoms with E-state index < -0.39 is 0 Å². The number of nitrogens with zero attached hydrogens (tertiary/aromatic N) is 1. The fraction of sp³-hybridized carbons (Fsp3) is 0.923. The average Bonchev–Trinajstić information content (AvgIpc) is 2.67. The first kappa shape index (κ1) is 12.7. The van der Waals surface area contributed by atoms with Crippen molar-refractivity contribution in [3.63, 3.8) is 0 Å². The van der Waals surface area contributed by atoms with Crippen LogP contribution in [-0.2, 0) is 4.79 Å². The topological polar surface area (TPSA) is 20.3 Å². The van der Waals surface area contributed by atoms with Gasteiger partial charge in [-0.25, -0.2) is 0 Å². The molecule has 15 heavy (non-hydrogen) atoms. The normalized spacial score (nSPS) is 21.9. The van der Waals surface area contributed by atoms with E-state index in [1.165, 1.54) is 19.4 Å². The summed E-state index contributed by atoms with van der Waals surface area (Å²) in [6, 6.07) is 0.545. The van der Waals surface area contributed by atoms with Crippen molar-refractivity contribution in [2.24, 2.45) is 5.92 Å². The first-order valence-corrected chi connectivity index (χ1v) is 6.46. The third-order valence-electron chi connectivity index (χ3n) is 3.79. The van der Waals surface area contributed by atoms with Gasteiger partial charge < -0.3 is 0 Å². The summed E-state index contributed by atoms with van der Waals surface area (Å²) in [5.41, 5.74) is 0. The van der Waals surface area contributed by atoms with Gasteiger partial charge in [-0.3, -0.25) is 9.69 Å². The Labute approximate surface area is 94.0 Å². The lowest BCUT2D eigenvalue weighted by atomic mass is 10.0. The Morgan fingerprint density at radius 2 is 2.00 bits per heavy atom. The Bertz CT molecular complexity index is 199. The van der Waals surface area contributed by atoms with Crippen molar-refractivity contribution < 1.29 is 4.79 Å². The summed E-state index contributed by atoms with van der Waals surface area (Å²) in [6.07, 6.45) is 5.21. The first-order chi connectivity index (χ1) is 7.21. The van der Waals surface area contributed by atoms with E-state index in [1.807, 2.05) is 0 Å². The van der Waals surface area contributed by atoms with Crippen LogP contribution in [-0.4, -0.2) is 29.8 Å². The summed E-state index contributed by atoms with van der Waals surface area (Å²) in [4.78, 5) is 13.8. The van der Waals surface area contributed by atoms with Crippen molar-refractivity contribution in [1.29, 1.82) is 0 Å².